The normalized spacial score (nSPS) is 11.8. The SMILES string of the molecule is CCN(CC)CCCOc1ccc(-c2nc3ccccc3n2CC=CCn2c(-c3ccccc3)nc3ccccc32)cc1. The Morgan fingerprint density at radius 2 is 1.14 bits per heavy atom. The highest BCUT2D eigenvalue weighted by molar-refractivity contribution is 5.81. The third-order valence-corrected chi connectivity index (χ3v) is 7.98. The Morgan fingerprint density at radius 3 is 1.70 bits per heavy atom. The summed E-state index contributed by atoms with van der Waals surface area (Å²) in [6.45, 7) is 9.79. The average Bonchev–Trinajstić information content (AvgIpc) is 3.62. The van der Waals surface area contributed by atoms with E-state index in [-0.39, 0.29) is 0 Å². The molecule has 0 fully saturated rings. The van der Waals surface area contributed by atoms with Crippen LogP contribution in [0.15, 0.2) is 115 Å². The molecule has 0 aliphatic rings. The first kappa shape index (κ1) is 28.4. The van der Waals surface area contributed by atoms with Gasteiger partial charge in [0.25, 0.3) is 0 Å². The molecule has 6 rings (SSSR count). The van der Waals surface area contributed by atoms with Crippen molar-refractivity contribution in [2.24, 2.45) is 0 Å². The Kier molecular flexibility index (Phi) is 8.95. The summed E-state index contributed by atoms with van der Waals surface area (Å²) in [5.74, 6) is 2.83. The monoisotopic (exact) mass is 569 g/mol. The van der Waals surface area contributed by atoms with Crippen LogP contribution in [0, 0.1) is 0 Å². The van der Waals surface area contributed by atoms with Crippen LogP contribution in [0.5, 0.6) is 5.75 Å². The molecule has 4 aromatic carbocycles. The summed E-state index contributed by atoms with van der Waals surface area (Å²) in [5, 5.41) is 0. The van der Waals surface area contributed by atoms with Gasteiger partial charge >= 0.3 is 0 Å². The Bertz CT molecular complexity index is 1800. The number of hydrogen-bond acceptors (Lipinski definition) is 4. The number of para-hydroxylation sites is 4. The lowest BCUT2D eigenvalue weighted by Crippen LogP contribution is -2.25. The lowest BCUT2D eigenvalue weighted by Gasteiger charge is -2.17. The number of nitrogens with zero attached hydrogens (tertiary/aromatic N) is 5. The Balaban J connectivity index is 1.20. The van der Waals surface area contributed by atoms with E-state index in [0.29, 0.717) is 6.54 Å². The quantitative estimate of drug-likeness (QED) is 0.104. The summed E-state index contributed by atoms with van der Waals surface area (Å²) in [6.07, 6.45) is 5.48. The molecule has 0 aliphatic heterocycles. The van der Waals surface area contributed by atoms with E-state index in [0.717, 1.165) is 89.8 Å². The largest absolute Gasteiger partial charge is 0.494 e. The minimum absolute atomic E-state index is 0.715. The number of imidazole rings is 2. The molecule has 0 unspecified atom stereocenters. The standard InChI is InChI=1S/C37H39N5O/c1-3-40(4-2)25-14-28-43-31-23-21-30(22-24-31)37-39-33-18-9-11-20-35(33)42(37)27-13-12-26-41-34-19-10-8-17-32(34)38-36(41)29-15-6-5-7-16-29/h5-13,15-24H,3-4,14,25-28H2,1-2H3. The fourth-order valence-electron chi connectivity index (χ4n) is 5.63. The lowest BCUT2D eigenvalue weighted by atomic mass is 10.2. The summed E-state index contributed by atoms with van der Waals surface area (Å²) in [6, 6.07) is 35.4. The molecular weight excluding hydrogens is 530 g/mol. The van der Waals surface area contributed by atoms with Gasteiger partial charge in [0.2, 0.25) is 0 Å². The molecule has 6 aromatic rings. The van der Waals surface area contributed by atoms with Crippen LogP contribution in [0.3, 0.4) is 0 Å². The second kappa shape index (κ2) is 13.5. The van der Waals surface area contributed by atoms with Gasteiger partial charge in [-0.15, -0.1) is 0 Å². The van der Waals surface area contributed by atoms with Gasteiger partial charge in [0.15, 0.2) is 0 Å². The van der Waals surface area contributed by atoms with Gasteiger partial charge in [0.05, 0.1) is 28.7 Å². The predicted octanol–water partition coefficient (Wildman–Crippen LogP) is 8.09. The van der Waals surface area contributed by atoms with Crippen LogP contribution in [-0.4, -0.2) is 50.2 Å². The lowest BCUT2D eigenvalue weighted by molar-refractivity contribution is 0.249. The molecule has 2 heterocycles. The number of allylic oxidation sites excluding steroid dienone is 2. The van der Waals surface area contributed by atoms with Crippen molar-refractivity contribution in [3.63, 3.8) is 0 Å². The zero-order chi connectivity index (χ0) is 29.4. The van der Waals surface area contributed by atoms with Crippen LogP contribution < -0.4 is 4.74 Å². The van der Waals surface area contributed by atoms with E-state index in [1.54, 1.807) is 0 Å². The molecule has 6 heteroatoms. The summed E-state index contributed by atoms with van der Waals surface area (Å²) in [5.41, 5.74) is 6.45. The number of hydrogen-bond donors (Lipinski definition) is 0. The maximum Gasteiger partial charge on any atom is 0.141 e. The van der Waals surface area contributed by atoms with Crippen LogP contribution in [0.2, 0.25) is 0 Å². The first-order valence-corrected chi connectivity index (χ1v) is 15.3. The van der Waals surface area contributed by atoms with E-state index in [4.69, 9.17) is 14.7 Å². The maximum absolute atomic E-state index is 6.04. The third kappa shape index (κ3) is 6.40. The van der Waals surface area contributed by atoms with Crippen molar-refractivity contribution >= 4 is 22.1 Å². The Hall–Kier alpha value is -4.68. The molecule has 0 bridgehead atoms. The summed E-state index contributed by atoms with van der Waals surface area (Å²) < 4.78 is 10.6. The molecule has 0 N–H and O–H groups in total. The fraction of sp³-hybridized carbons (Fsp3) is 0.243. The fourth-order valence-corrected chi connectivity index (χ4v) is 5.63. The van der Waals surface area contributed by atoms with Crippen molar-refractivity contribution in [2.45, 2.75) is 33.4 Å². The van der Waals surface area contributed by atoms with Crippen LogP contribution >= 0.6 is 0 Å². The van der Waals surface area contributed by atoms with Gasteiger partial charge in [-0.25, -0.2) is 9.97 Å². The van der Waals surface area contributed by atoms with Crippen LogP contribution in [0.25, 0.3) is 44.8 Å². The summed E-state index contributed by atoms with van der Waals surface area (Å²) in [7, 11) is 0. The number of ether oxygens (including phenoxy) is 1. The average molecular weight is 570 g/mol. The third-order valence-electron chi connectivity index (χ3n) is 7.98. The van der Waals surface area contributed by atoms with E-state index in [1.165, 1.54) is 0 Å². The van der Waals surface area contributed by atoms with Gasteiger partial charge in [-0.1, -0.05) is 80.6 Å². The van der Waals surface area contributed by atoms with Gasteiger partial charge in [-0.3, -0.25) is 0 Å². The van der Waals surface area contributed by atoms with Crippen molar-refractivity contribution in [3.8, 4) is 28.5 Å². The van der Waals surface area contributed by atoms with Crippen molar-refractivity contribution in [3.05, 3.63) is 115 Å². The minimum atomic E-state index is 0.715. The van der Waals surface area contributed by atoms with E-state index < -0.39 is 0 Å². The summed E-state index contributed by atoms with van der Waals surface area (Å²) in [4.78, 5) is 12.4. The molecular formula is C37H39N5O. The molecule has 6 nitrogen and oxygen atoms in total. The first-order chi connectivity index (χ1) is 21.2. The molecule has 0 amide bonds. The van der Waals surface area contributed by atoms with E-state index >= 15 is 0 Å². The molecule has 0 saturated carbocycles. The van der Waals surface area contributed by atoms with Gasteiger partial charge < -0.3 is 18.8 Å². The number of benzene rings is 4. The smallest absolute Gasteiger partial charge is 0.141 e. The molecule has 2 aromatic heterocycles. The zero-order valence-electron chi connectivity index (χ0n) is 25.1. The predicted molar refractivity (Wildman–Crippen MR) is 177 cm³/mol. The summed E-state index contributed by atoms with van der Waals surface area (Å²) >= 11 is 0. The second-order valence-electron chi connectivity index (χ2n) is 10.7. The van der Waals surface area contributed by atoms with Gasteiger partial charge in [-0.05, 0) is 68.0 Å². The number of fused-ring (bicyclic) bond motifs is 2. The molecule has 0 radical (unpaired) electrons. The van der Waals surface area contributed by atoms with E-state index in [1.807, 2.05) is 18.2 Å². The van der Waals surface area contributed by atoms with Crippen molar-refractivity contribution in [1.29, 1.82) is 0 Å². The van der Waals surface area contributed by atoms with Gasteiger partial charge in [-0.2, -0.15) is 0 Å². The first-order valence-electron chi connectivity index (χ1n) is 15.3. The van der Waals surface area contributed by atoms with Crippen LogP contribution in [0.4, 0.5) is 0 Å². The highest BCUT2D eigenvalue weighted by atomic mass is 16.5. The van der Waals surface area contributed by atoms with E-state index in [9.17, 15) is 0 Å². The number of aromatic nitrogens is 4. The number of rotatable bonds is 13. The molecule has 0 saturated heterocycles. The highest BCUT2D eigenvalue weighted by Crippen LogP contribution is 2.28. The topological polar surface area (TPSA) is 48.1 Å². The van der Waals surface area contributed by atoms with Crippen molar-refractivity contribution < 1.29 is 4.74 Å². The molecule has 218 valence electrons. The minimum Gasteiger partial charge on any atom is -0.494 e. The molecule has 0 atom stereocenters. The maximum atomic E-state index is 6.04. The van der Waals surface area contributed by atoms with Gasteiger partial charge in [0, 0.05) is 30.8 Å². The van der Waals surface area contributed by atoms with Crippen molar-refractivity contribution in [2.75, 3.05) is 26.2 Å². The molecule has 43 heavy (non-hydrogen) atoms. The zero-order valence-corrected chi connectivity index (χ0v) is 25.1. The van der Waals surface area contributed by atoms with E-state index in [2.05, 4.69) is 125 Å². The van der Waals surface area contributed by atoms with Crippen molar-refractivity contribution in [1.82, 2.24) is 24.0 Å². The van der Waals surface area contributed by atoms with Crippen LogP contribution in [0.1, 0.15) is 20.3 Å². The second-order valence-corrected chi connectivity index (χ2v) is 10.7. The Morgan fingerprint density at radius 1 is 0.628 bits per heavy atom. The molecule has 0 aliphatic carbocycles. The van der Waals surface area contributed by atoms with Gasteiger partial charge in [0.1, 0.15) is 17.4 Å². The molecule has 0 spiro atoms. The highest BCUT2D eigenvalue weighted by Gasteiger charge is 2.13. The van der Waals surface area contributed by atoms with Crippen LogP contribution in [-0.2, 0) is 13.1 Å². The Labute approximate surface area is 253 Å².